The van der Waals surface area contributed by atoms with E-state index in [0.29, 0.717) is 76.5 Å². The third-order valence-electron chi connectivity index (χ3n) is 16.1. The van der Waals surface area contributed by atoms with Gasteiger partial charge >= 0.3 is 23.9 Å². The van der Waals surface area contributed by atoms with Crippen molar-refractivity contribution in [3.8, 4) is 46.0 Å². The van der Waals surface area contributed by atoms with Crippen LogP contribution in [0.2, 0.25) is 0 Å². The van der Waals surface area contributed by atoms with Crippen molar-refractivity contribution in [2.75, 3.05) is 52.9 Å². The summed E-state index contributed by atoms with van der Waals surface area (Å²) >= 11 is 0. The van der Waals surface area contributed by atoms with Crippen LogP contribution in [0.1, 0.15) is 60.0 Å². The maximum absolute atomic E-state index is 13.3. The standard InChI is InChI=1S/C77H64O20.CH4/c78-58-17-9-46-25-54(5-1-50(46)29-58)74(86)94-40-62(82)36-90-66-21-13-44-15-23-72(92-38-64(84)42-96-76(88)56-7-3-52-31-60(80)19-11-48(52)27-56)70(68(44)33-66)35-71-69-34-67(91-37-63(83)41-95-75(87)55-6-2-51-30-59(79)18-10-47(51)26-55)22-14-45(69)16-24-73(71)93-39-65(85)43-97-77(89)57-8-4-53-32-61(81)20-12-49(53)28-57;/h1-34,62-65,78-85H,35-43H2;1H4. The second-order valence-electron chi connectivity index (χ2n) is 23.3. The number of carbonyl (C=O) groups is 4. The van der Waals surface area contributed by atoms with Gasteiger partial charge in [0.05, 0.1) is 22.3 Å². The summed E-state index contributed by atoms with van der Waals surface area (Å²) in [4.78, 5) is 52.9. The van der Waals surface area contributed by atoms with Crippen LogP contribution < -0.4 is 18.9 Å². The summed E-state index contributed by atoms with van der Waals surface area (Å²) in [6, 6.07) is 55.7. The number of ether oxygens (including phenoxy) is 8. The SMILES string of the molecule is C.O=C(OCC(O)COc1ccc2ccc(OCC(O)COC(=O)c3ccc4cc(O)ccc4c3)c(Cc3c(OCC(O)COC(=O)c4ccc5cc(O)ccc5c4)ccc4ccc(OCC(O)COC(=O)c5ccc6cc(O)ccc6c5)cc34)c2c1)c1ccc2cc(O)ccc2c1. The van der Waals surface area contributed by atoms with Crippen LogP contribution in [-0.4, -0.2) is 142 Å². The molecule has 12 aromatic rings. The van der Waals surface area contributed by atoms with Crippen molar-refractivity contribution in [2.24, 2.45) is 0 Å². The molecule has 20 nitrogen and oxygen atoms in total. The predicted molar refractivity (Wildman–Crippen MR) is 367 cm³/mol. The Hall–Kier alpha value is -11.7. The monoisotopic (exact) mass is 1320 g/mol. The Bertz CT molecular complexity index is 4630. The Labute approximate surface area is 560 Å². The number of phenolic OH excluding ortho intramolecular Hbond substituents is 4. The number of carbonyl (C=O) groups excluding carboxylic acids is 4. The minimum atomic E-state index is -1.35. The van der Waals surface area contributed by atoms with Crippen LogP contribution in [0.4, 0.5) is 0 Å². The normalized spacial score (nSPS) is 12.5. The van der Waals surface area contributed by atoms with Gasteiger partial charge in [0.1, 0.15) is 123 Å². The van der Waals surface area contributed by atoms with E-state index in [0.717, 1.165) is 10.8 Å². The van der Waals surface area contributed by atoms with Crippen molar-refractivity contribution in [2.45, 2.75) is 38.3 Å². The molecule has 0 spiro atoms. The summed E-state index contributed by atoms with van der Waals surface area (Å²) < 4.78 is 47.2. The maximum atomic E-state index is 13.3. The highest BCUT2D eigenvalue weighted by Crippen LogP contribution is 2.39. The molecular formula is C78H68O20. The van der Waals surface area contributed by atoms with Crippen molar-refractivity contribution in [1.29, 1.82) is 0 Å². The van der Waals surface area contributed by atoms with Crippen LogP contribution in [0.25, 0.3) is 64.6 Å². The fourth-order valence-electron chi connectivity index (χ4n) is 11.1. The molecule has 12 aromatic carbocycles. The average Bonchev–Trinajstić information content (AvgIpc) is 0.776. The van der Waals surface area contributed by atoms with Gasteiger partial charge in [0.25, 0.3) is 0 Å². The van der Waals surface area contributed by atoms with Crippen LogP contribution >= 0.6 is 0 Å². The molecule has 0 radical (unpaired) electrons. The minimum absolute atomic E-state index is 0. The number of hydrogen-bond donors (Lipinski definition) is 8. The van der Waals surface area contributed by atoms with Gasteiger partial charge in [-0.25, -0.2) is 19.2 Å². The van der Waals surface area contributed by atoms with E-state index >= 15 is 0 Å². The number of esters is 4. The van der Waals surface area contributed by atoms with Gasteiger partial charge < -0.3 is 78.7 Å². The quantitative estimate of drug-likeness (QED) is 0.0184. The van der Waals surface area contributed by atoms with Gasteiger partial charge in [-0.05, 0) is 198 Å². The minimum Gasteiger partial charge on any atom is -0.508 e. The molecule has 0 saturated heterocycles. The third-order valence-corrected chi connectivity index (χ3v) is 16.1. The Morgan fingerprint density at radius 2 is 0.520 bits per heavy atom. The van der Waals surface area contributed by atoms with Crippen molar-refractivity contribution in [3.05, 3.63) is 240 Å². The lowest BCUT2D eigenvalue weighted by Gasteiger charge is -2.21. The van der Waals surface area contributed by atoms with E-state index in [2.05, 4.69) is 0 Å². The van der Waals surface area contributed by atoms with E-state index in [-0.39, 0.29) is 97.0 Å². The van der Waals surface area contributed by atoms with Gasteiger partial charge in [0.15, 0.2) is 0 Å². The van der Waals surface area contributed by atoms with Gasteiger partial charge in [-0.15, -0.1) is 0 Å². The highest BCUT2D eigenvalue weighted by atomic mass is 16.6. The highest BCUT2D eigenvalue weighted by molar-refractivity contribution is 5.99. The first-order valence-corrected chi connectivity index (χ1v) is 30.9. The molecular weight excluding hydrogens is 1260 g/mol. The van der Waals surface area contributed by atoms with Crippen LogP contribution in [-0.2, 0) is 25.4 Å². The summed E-state index contributed by atoms with van der Waals surface area (Å²) in [5.74, 6) is -1.36. The molecule has 0 aliphatic rings. The van der Waals surface area contributed by atoms with Crippen LogP contribution in [0, 0.1) is 0 Å². The molecule has 0 fully saturated rings. The number of phenols is 4. The van der Waals surface area contributed by atoms with Gasteiger partial charge in [-0.3, -0.25) is 0 Å². The lowest BCUT2D eigenvalue weighted by molar-refractivity contribution is 0.0127. The number of fused-ring (bicyclic) bond motifs is 6. The largest absolute Gasteiger partial charge is 0.508 e. The molecule has 0 saturated carbocycles. The zero-order valence-electron chi connectivity index (χ0n) is 51.8. The van der Waals surface area contributed by atoms with Crippen molar-refractivity contribution in [3.63, 3.8) is 0 Å². The fraction of sp³-hybridized carbons (Fsp3) is 0.179. The molecule has 0 amide bonds. The molecule has 98 heavy (non-hydrogen) atoms. The fourth-order valence-corrected chi connectivity index (χ4v) is 11.1. The zero-order valence-corrected chi connectivity index (χ0v) is 51.8. The number of benzene rings is 12. The van der Waals surface area contributed by atoms with Gasteiger partial charge in [-0.2, -0.15) is 0 Å². The van der Waals surface area contributed by atoms with Crippen LogP contribution in [0.15, 0.2) is 206 Å². The number of aliphatic hydroxyl groups is 4. The van der Waals surface area contributed by atoms with Crippen LogP contribution in [0.3, 0.4) is 0 Å². The van der Waals surface area contributed by atoms with Crippen LogP contribution in [0.5, 0.6) is 46.0 Å². The molecule has 4 atom stereocenters. The van der Waals surface area contributed by atoms with Gasteiger partial charge in [-0.1, -0.05) is 80.2 Å². The van der Waals surface area contributed by atoms with E-state index in [1.54, 1.807) is 182 Å². The van der Waals surface area contributed by atoms with E-state index in [9.17, 15) is 60.0 Å². The maximum Gasteiger partial charge on any atom is 0.338 e. The molecule has 500 valence electrons. The molecule has 0 aliphatic carbocycles. The van der Waals surface area contributed by atoms with E-state index in [1.165, 1.54) is 24.3 Å². The lowest BCUT2D eigenvalue weighted by Crippen LogP contribution is -2.26. The number of aromatic hydroxyl groups is 4. The molecule has 12 rings (SSSR count). The van der Waals surface area contributed by atoms with Crippen molar-refractivity contribution < 1.29 is 97.9 Å². The van der Waals surface area contributed by atoms with E-state index < -0.39 is 74.7 Å². The zero-order chi connectivity index (χ0) is 67.7. The first-order chi connectivity index (χ1) is 46.9. The molecule has 4 unspecified atom stereocenters. The van der Waals surface area contributed by atoms with Gasteiger partial charge in [0, 0.05) is 17.5 Å². The molecule has 0 aliphatic heterocycles. The first-order valence-electron chi connectivity index (χ1n) is 30.9. The number of aliphatic hydroxyl groups excluding tert-OH is 4. The topological polar surface area (TPSA) is 304 Å². The number of rotatable bonds is 26. The second kappa shape index (κ2) is 30.4. The average molecular weight is 1330 g/mol. The van der Waals surface area contributed by atoms with Gasteiger partial charge in [0.2, 0.25) is 0 Å². The Morgan fingerprint density at radius 3 is 0.816 bits per heavy atom. The van der Waals surface area contributed by atoms with E-state index in [4.69, 9.17) is 37.9 Å². The molecule has 0 heterocycles. The molecule has 8 N–H and O–H groups in total. The first kappa shape index (κ1) is 67.7. The van der Waals surface area contributed by atoms with E-state index in [1.807, 2.05) is 0 Å². The van der Waals surface area contributed by atoms with Crippen molar-refractivity contribution >= 4 is 88.5 Å². The Kier molecular flexibility index (Phi) is 21.0. The summed E-state index contributed by atoms with van der Waals surface area (Å²) in [5.41, 5.74) is 1.94. The smallest absolute Gasteiger partial charge is 0.338 e. The summed E-state index contributed by atoms with van der Waals surface area (Å²) in [7, 11) is 0. The third kappa shape index (κ3) is 16.5. The number of hydrogen-bond acceptors (Lipinski definition) is 20. The van der Waals surface area contributed by atoms with Crippen molar-refractivity contribution in [1.82, 2.24) is 0 Å². The predicted octanol–water partition coefficient (Wildman–Crippen LogP) is 12.0. The second-order valence-corrected chi connectivity index (χ2v) is 23.3. The Balaban J connectivity index is 0.00000972. The summed E-state index contributed by atoms with van der Waals surface area (Å²) in [6.07, 6.45) is -5.25. The molecule has 0 bridgehead atoms. The lowest BCUT2D eigenvalue weighted by atomic mass is 9.93. The molecule has 20 heteroatoms. The summed E-state index contributed by atoms with van der Waals surface area (Å²) in [5, 5.41) is 92.8. The molecule has 0 aromatic heterocycles. The highest BCUT2D eigenvalue weighted by Gasteiger charge is 2.23. The Morgan fingerprint density at radius 1 is 0.276 bits per heavy atom. The summed E-state index contributed by atoms with van der Waals surface area (Å²) in [6.45, 7) is -3.09.